The molecule has 26 heavy (non-hydrogen) atoms. The van der Waals surface area contributed by atoms with Crippen LogP contribution in [0, 0.1) is 0 Å². The predicted octanol–water partition coefficient (Wildman–Crippen LogP) is 3.31. The summed E-state index contributed by atoms with van der Waals surface area (Å²) in [5.41, 5.74) is 1.64. The number of rotatable bonds is 5. The van der Waals surface area contributed by atoms with Crippen LogP contribution >= 0.6 is 0 Å². The smallest absolute Gasteiger partial charge is 0.252 e. The number of nitrogens with one attached hydrogen (secondary N) is 1. The number of nitrogens with zero attached hydrogens (tertiary/aromatic N) is 3. The third-order valence-electron chi connectivity index (χ3n) is 5.68. The van der Waals surface area contributed by atoms with Crippen molar-refractivity contribution >= 4 is 16.9 Å². The topological polar surface area (TPSA) is 80.0 Å². The van der Waals surface area contributed by atoms with Crippen molar-refractivity contribution in [2.75, 3.05) is 6.54 Å². The minimum atomic E-state index is -0.762. The zero-order valence-electron chi connectivity index (χ0n) is 15.7. The Balaban J connectivity index is 1.63. The van der Waals surface area contributed by atoms with Gasteiger partial charge < -0.3 is 10.4 Å². The van der Waals surface area contributed by atoms with Crippen molar-refractivity contribution in [3.8, 4) is 0 Å². The van der Waals surface area contributed by atoms with Crippen LogP contribution in [0.4, 0.5) is 0 Å². The van der Waals surface area contributed by atoms with E-state index in [0.717, 1.165) is 55.3 Å². The number of carbonyl (C=O) groups excluding carboxylic acids is 1. The van der Waals surface area contributed by atoms with Crippen LogP contribution < -0.4 is 5.32 Å². The molecule has 2 aliphatic rings. The highest BCUT2D eigenvalue weighted by Crippen LogP contribution is 2.40. The molecular weight excluding hydrogens is 328 g/mol. The van der Waals surface area contributed by atoms with Crippen LogP contribution in [0.25, 0.3) is 11.0 Å². The van der Waals surface area contributed by atoms with Gasteiger partial charge in [-0.05, 0) is 45.6 Å². The molecule has 2 aliphatic carbocycles. The van der Waals surface area contributed by atoms with E-state index in [-0.39, 0.29) is 11.9 Å². The van der Waals surface area contributed by atoms with Crippen molar-refractivity contribution < 1.29 is 9.90 Å². The van der Waals surface area contributed by atoms with Gasteiger partial charge in [0.05, 0.1) is 22.7 Å². The number of amides is 1. The van der Waals surface area contributed by atoms with E-state index in [1.807, 2.05) is 10.7 Å². The predicted molar refractivity (Wildman–Crippen MR) is 100 cm³/mol. The first-order chi connectivity index (χ1) is 12.5. The highest BCUT2D eigenvalue weighted by Gasteiger charge is 2.31. The van der Waals surface area contributed by atoms with E-state index in [4.69, 9.17) is 4.98 Å². The van der Waals surface area contributed by atoms with Gasteiger partial charge in [0, 0.05) is 24.2 Å². The molecule has 1 amide bonds. The minimum absolute atomic E-state index is 0.137. The molecule has 2 aromatic rings. The molecule has 2 aromatic heterocycles. The first-order valence-corrected chi connectivity index (χ1v) is 9.86. The summed E-state index contributed by atoms with van der Waals surface area (Å²) in [5.74, 6) is 0.325. The molecule has 2 N–H and O–H groups in total. The number of aliphatic hydroxyl groups is 1. The molecule has 0 radical (unpaired) electrons. The number of hydrogen-bond donors (Lipinski definition) is 2. The largest absolute Gasteiger partial charge is 0.388 e. The van der Waals surface area contributed by atoms with E-state index in [1.165, 1.54) is 6.42 Å². The third-order valence-corrected chi connectivity index (χ3v) is 5.68. The second-order valence-electron chi connectivity index (χ2n) is 8.26. The summed E-state index contributed by atoms with van der Waals surface area (Å²) in [6.07, 6.45) is 8.75. The molecule has 0 aromatic carbocycles. The second-order valence-corrected chi connectivity index (χ2v) is 8.26. The van der Waals surface area contributed by atoms with Crippen LogP contribution in [0.1, 0.15) is 86.8 Å². The third kappa shape index (κ3) is 3.34. The fourth-order valence-corrected chi connectivity index (χ4v) is 3.92. The fraction of sp³-hybridized carbons (Fsp3) is 0.650. The van der Waals surface area contributed by atoms with Crippen LogP contribution in [-0.2, 0) is 0 Å². The molecule has 2 fully saturated rings. The van der Waals surface area contributed by atoms with E-state index in [2.05, 4.69) is 24.3 Å². The maximum Gasteiger partial charge on any atom is 0.252 e. The fourth-order valence-electron chi connectivity index (χ4n) is 3.92. The van der Waals surface area contributed by atoms with Gasteiger partial charge in [-0.3, -0.25) is 4.79 Å². The summed E-state index contributed by atoms with van der Waals surface area (Å²) < 4.78 is 1.88. The SMILES string of the molecule is CC(C)n1ncc2c(C(=O)NCC3(O)CCCCC3)cc(C3CC3)nc21. The Hall–Kier alpha value is -1.95. The van der Waals surface area contributed by atoms with E-state index < -0.39 is 5.60 Å². The Bertz CT molecular complexity index is 817. The lowest BCUT2D eigenvalue weighted by molar-refractivity contribution is 0.00527. The Morgan fingerprint density at radius 1 is 1.35 bits per heavy atom. The summed E-state index contributed by atoms with van der Waals surface area (Å²) in [5, 5.41) is 18.9. The molecular formula is C20H28N4O2. The number of hydrogen-bond acceptors (Lipinski definition) is 4. The molecule has 0 spiro atoms. The zero-order valence-corrected chi connectivity index (χ0v) is 15.7. The zero-order chi connectivity index (χ0) is 18.3. The van der Waals surface area contributed by atoms with Gasteiger partial charge in [-0.15, -0.1) is 0 Å². The molecule has 2 heterocycles. The number of pyridine rings is 1. The Morgan fingerprint density at radius 2 is 2.08 bits per heavy atom. The maximum atomic E-state index is 12.9. The number of carbonyl (C=O) groups is 1. The number of fused-ring (bicyclic) bond motifs is 1. The van der Waals surface area contributed by atoms with E-state index in [1.54, 1.807) is 6.20 Å². The molecule has 0 aliphatic heterocycles. The van der Waals surface area contributed by atoms with Gasteiger partial charge in [-0.25, -0.2) is 9.67 Å². The summed E-state index contributed by atoms with van der Waals surface area (Å²) in [4.78, 5) is 17.7. The first kappa shape index (κ1) is 17.5. The average molecular weight is 356 g/mol. The molecule has 2 saturated carbocycles. The lowest BCUT2D eigenvalue weighted by atomic mass is 9.85. The van der Waals surface area contributed by atoms with E-state index >= 15 is 0 Å². The van der Waals surface area contributed by atoms with Crippen LogP contribution in [-0.4, -0.2) is 37.9 Å². The van der Waals surface area contributed by atoms with Crippen molar-refractivity contribution in [3.05, 3.63) is 23.5 Å². The first-order valence-electron chi connectivity index (χ1n) is 9.86. The Kier molecular flexibility index (Phi) is 4.47. The van der Waals surface area contributed by atoms with Crippen LogP contribution in [0.3, 0.4) is 0 Å². The summed E-state index contributed by atoms with van der Waals surface area (Å²) >= 11 is 0. The normalized spacial score (nSPS) is 19.8. The van der Waals surface area contributed by atoms with Gasteiger partial charge in [0.25, 0.3) is 5.91 Å². The summed E-state index contributed by atoms with van der Waals surface area (Å²) in [6.45, 7) is 4.44. The highest BCUT2D eigenvalue weighted by molar-refractivity contribution is 6.05. The van der Waals surface area contributed by atoms with Gasteiger partial charge in [-0.2, -0.15) is 5.10 Å². The van der Waals surface area contributed by atoms with E-state index in [0.29, 0.717) is 18.0 Å². The molecule has 140 valence electrons. The van der Waals surface area contributed by atoms with Gasteiger partial charge in [0.15, 0.2) is 5.65 Å². The summed E-state index contributed by atoms with van der Waals surface area (Å²) in [7, 11) is 0. The maximum absolute atomic E-state index is 12.9. The molecule has 0 saturated heterocycles. The van der Waals surface area contributed by atoms with Crippen molar-refractivity contribution in [2.24, 2.45) is 0 Å². The van der Waals surface area contributed by atoms with Crippen molar-refractivity contribution in [3.63, 3.8) is 0 Å². The van der Waals surface area contributed by atoms with Gasteiger partial charge in [0.1, 0.15) is 0 Å². The van der Waals surface area contributed by atoms with Gasteiger partial charge in [-0.1, -0.05) is 19.3 Å². The number of aromatic nitrogens is 3. The Morgan fingerprint density at radius 3 is 2.73 bits per heavy atom. The van der Waals surface area contributed by atoms with E-state index in [9.17, 15) is 9.90 Å². The average Bonchev–Trinajstić information content (AvgIpc) is 3.38. The molecule has 0 atom stereocenters. The summed E-state index contributed by atoms with van der Waals surface area (Å²) in [6, 6.07) is 2.11. The standard InChI is InChI=1S/C20H28N4O2/c1-13(2)24-18-16(11-22-24)15(10-17(23-18)14-6-7-14)19(25)21-12-20(26)8-4-3-5-9-20/h10-11,13-14,26H,3-9,12H2,1-2H3,(H,21,25). The monoisotopic (exact) mass is 356 g/mol. The molecule has 0 unspecified atom stereocenters. The lowest BCUT2D eigenvalue weighted by Crippen LogP contribution is -2.44. The molecule has 4 rings (SSSR count). The lowest BCUT2D eigenvalue weighted by Gasteiger charge is -2.32. The van der Waals surface area contributed by atoms with Crippen molar-refractivity contribution in [1.29, 1.82) is 0 Å². The van der Waals surface area contributed by atoms with Crippen LogP contribution in [0.5, 0.6) is 0 Å². The second kappa shape index (κ2) is 6.65. The molecule has 6 nitrogen and oxygen atoms in total. The van der Waals surface area contributed by atoms with Crippen molar-refractivity contribution in [1.82, 2.24) is 20.1 Å². The minimum Gasteiger partial charge on any atom is -0.388 e. The molecule has 6 heteroatoms. The highest BCUT2D eigenvalue weighted by atomic mass is 16.3. The Labute approximate surface area is 154 Å². The van der Waals surface area contributed by atoms with Gasteiger partial charge >= 0.3 is 0 Å². The van der Waals surface area contributed by atoms with Crippen LogP contribution in [0.15, 0.2) is 12.3 Å². The van der Waals surface area contributed by atoms with Crippen LogP contribution in [0.2, 0.25) is 0 Å². The molecule has 0 bridgehead atoms. The van der Waals surface area contributed by atoms with Gasteiger partial charge in [0.2, 0.25) is 0 Å². The van der Waals surface area contributed by atoms with Crippen molar-refractivity contribution in [2.45, 2.75) is 76.4 Å². The quantitative estimate of drug-likeness (QED) is 0.861.